The molecule has 3 heteroatoms. The molecule has 2 N–H and O–H groups in total. The Kier molecular flexibility index (Phi) is 2.58. The zero-order chi connectivity index (χ0) is 10.1. The van der Waals surface area contributed by atoms with E-state index in [1.54, 1.807) is 6.20 Å². The van der Waals surface area contributed by atoms with Gasteiger partial charge in [-0.15, -0.1) is 0 Å². The van der Waals surface area contributed by atoms with Crippen molar-refractivity contribution in [2.75, 3.05) is 5.73 Å². The van der Waals surface area contributed by atoms with Gasteiger partial charge in [0.2, 0.25) is 0 Å². The molecule has 2 aromatic rings. The first kappa shape index (κ1) is 9.71. The molecule has 0 spiro atoms. The van der Waals surface area contributed by atoms with E-state index in [2.05, 4.69) is 46.6 Å². The van der Waals surface area contributed by atoms with Crippen LogP contribution in [0.5, 0.6) is 0 Å². The molecular weight excluding hydrogens is 287 g/mol. The van der Waals surface area contributed by atoms with Crippen LogP contribution < -0.4 is 5.73 Å². The van der Waals surface area contributed by atoms with Crippen molar-refractivity contribution in [3.05, 3.63) is 35.5 Å². The van der Waals surface area contributed by atoms with E-state index in [-0.39, 0.29) is 0 Å². The summed E-state index contributed by atoms with van der Waals surface area (Å²) in [6.45, 7) is 2.11. The van der Waals surface area contributed by atoms with Crippen molar-refractivity contribution in [3.8, 4) is 0 Å². The third kappa shape index (κ3) is 1.56. The van der Waals surface area contributed by atoms with Crippen molar-refractivity contribution >= 4 is 39.2 Å². The fourth-order valence-corrected chi connectivity index (χ4v) is 2.36. The summed E-state index contributed by atoms with van der Waals surface area (Å²) >= 11 is 2.37. The maximum absolute atomic E-state index is 5.80. The van der Waals surface area contributed by atoms with Gasteiger partial charge in [-0.05, 0) is 41.6 Å². The molecule has 0 aliphatic carbocycles. The third-order valence-electron chi connectivity index (χ3n) is 2.40. The van der Waals surface area contributed by atoms with Gasteiger partial charge in [-0.2, -0.15) is 0 Å². The molecule has 0 aliphatic heterocycles. The first-order valence-electron chi connectivity index (χ1n) is 4.42. The van der Waals surface area contributed by atoms with Gasteiger partial charge in [0.25, 0.3) is 0 Å². The Hall–Kier alpha value is -0.840. The van der Waals surface area contributed by atoms with Gasteiger partial charge < -0.3 is 5.73 Å². The second-order valence-corrected chi connectivity index (χ2v) is 4.09. The van der Waals surface area contributed by atoms with E-state index in [1.807, 2.05) is 6.07 Å². The fraction of sp³-hybridized carbons (Fsp3) is 0.182. The van der Waals surface area contributed by atoms with Crippen LogP contribution in [0.2, 0.25) is 0 Å². The van der Waals surface area contributed by atoms with E-state index in [9.17, 15) is 0 Å². The van der Waals surface area contributed by atoms with Crippen LogP contribution in [0.15, 0.2) is 24.4 Å². The summed E-state index contributed by atoms with van der Waals surface area (Å²) in [6, 6.07) is 6.31. The van der Waals surface area contributed by atoms with Crippen LogP contribution in [0.1, 0.15) is 11.1 Å². The van der Waals surface area contributed by atoms with Crippen LogP contribution in [-0.4, -0.2) is 4.98 Å². The molecule has 1 aromatic heterocycles. The number of aromatic nitrogens is 1. The normalized spacial score (nSPS) is 10.7. The summed E-state index contributed by atoms with van der Waals surface area (Å²) < 4.78 is 1.03. The summed E-state index contributed by atoms with van der Waals surface area (Å²) in [5.41, 5.74) is 8.45. The van der Waals surface area contributed by atoms with Gasteiger partial charge >= 0.3 is 0 Å². The second kappa shape index (κ2) is 3.73. The molecule has 0 aliphatic rings. The second-order valence-electron chi connectivity index (χ2n) is 3.33. The number of hydrogen-bond acceptors (Lipinski definition) is 2. The Morgan fingerprint density at radius 3 is 2.93 bits per heavy atom. The molecule has 2 rings (SSSR count). The molecule has 0 fully saturated rings. The van der Waals surface area contributed by atoms with E-state index >= 15 is 0 Å². The highest BCUT2D eigenvalue weighted by atomic mass is 127. The highest BCUT2D eigenvalue weighted by Gasteiger charge is 2.02. The molecule has 0 radical (unpaired) electrons. The van der Waals surface area contributed by atoms with E-state index < -0.39 is 0 Å². The summed E-state index contributed by atoms with van der Waals surface area (Å²) in [4.78, 5) is 4.08. The van der Waals surface area contributed by atoms with E-state index in [0.717, 1.165) is 9.81 Å². The van der Waals surface area contributed by atoms with Crippen LogP contribution in [0.4, 0.5) is 5.82 Å². The van der Waals surface area contributed by atoms with Crippen molar-refractivity contribution < 1.29 is 0 Å². The topological polar surface area (TPSA) is 38.9 Å². The number of aryl methyl sites for hydroxylation is 1. The maximum atomic E-state index is 5.80. The van der Waals surface area contributed by atoms with Crippen LogP contribution in [-0.2, 0) is 4.43 Å². The van der Waals surface area contributed by atoms with Gasteiger partial charge in [-0.25, -0.2) is 4.98 Å². The molecule has 1 aromatic carbocycles. The predicted molar refractivity (Wildman–Crippen MR) is 68.6 cm³/mol. The predicted octanol–water partition coefficient (Wildman–Crippen LogP) is 3.06. The number of halogens is 1. The van der Waals surface area contributed by atoms with Gasteiger partial charge in [0, 0.05) is 16.0 Å². The number of anilines is 1. The lowest BCUT2D eigenvalue weighted by Crippen LogP contribution is -1.93. The smallest absolute Gasteiger partial charge is 0.131 e. The molecule has 14 heavy (non-hydrogen) atoms. The average molecular weight is 298 g/mol. The van der Waals surface area contributed by atoms with Crippen molar-refractivity contribution in [2.45, 2.75) is 11.4 Å². The Bertz CT molecular complexity index is 480. The molecule has 0 unspecified atom stereocenters. The number of hydrogen-bond donors (Lipinski definition) is 1. The average Bonchev–Trinajstić information content (AvgIpc) is 2.19. The van der Waals surface area contributed by atoms with Gasteiger partial charge in [-0.3, -0.25) is 0 Å². The Morgan fingerprint density at radius 2 is 2.21 bits per heavy atom. The van der Waals surface area contributed by atoms with Gasteiger partial charge in [0.15, 0.2) is 0 Å². The molecule has 2 nitrogen and oxygen atoms in total. The molecule has 1 heterocycles. The maximum Gasteiger partial charge on any atom is 0.131 e. The Morgan fingerprint density at radius 1 is 1.43 bits per heavy atom. The van der Waals surface area contributed by atoms with Gasteiger partial charge in [0.1, 0.15) is 5.82 Å². The fourth-order valence-electron chi connectivity index (χ4n) is 1.54. The number of alkyl halides is 1. The lowest BCUT2D eigenvalue weighted by atomic mass is 10.0. The largest absolute Gasteiger partial charge is 0.383 e. The SMILES string of the molecule is Cc1cc2c(N)nccc2cc1CI. The monoisotopic (exact) mass is 298 g/mol. The van der Waals surface area contributed by atoms with Crippen molar-refractivity contribution in [3.63, 3.8) is 0 Å². The van der Waals surface area contributed by atoms with Gasteiger partial charge in [-0.1, -0.05) is 22.6 Å². The molecular formula is C11H11IN2. The summed E-state index contributed by atoms with van der Waals surface area (Å²) in [5.74, 6) is 0.616. The first-order chi connectivity index (χ1) is 6.72. The molecule has 0 bridgehead atoms. The lowest BCUT2D eigenvalue weighted by molar-refractivity contribution is 1.33. The standard InChI is InChI=1S/C11H11IN2/c1-7-4-10-8(5-9(7)6-12)2-3-14-11(10)13/h2-5H,6H2,1H3,(H2,13,14). The Balaban J connectivity index is 2.79. The zero-order valence-corrected chi connectivity index (χ0v) is 10.1. The highest BCUT2D eigenvalue weighted by molar-refractivity contribution is 14.1. The van der Waals surface area contributed by atoms with Crippen molar-refractivity contribution in [1.82, 2.24) is 4.98 Å². The molecule has 0 saturated heterocycles. The minimum atomic E-state index is 0.616. The summed E-state index contributed by atoms with van der Waals surface area (Å²) in [6.07, 6.45) is 1.75. The van der Waals surface area contributed by atoms with Crippen LogP contribution in [0.3, 0.4) is 0 Å². The summed E-state index contributed by atoms with van der Waals surface area (Å²) in [5, 5.41) is 2.23. The molecule has 72 valence electrons. The van der Waals surface area contributed by atoms with Crippen LogP contribution >= 0.6 is 22.6 Å². The number of nitrogens with zero attached hydrogens (tertiary/aromatic N) is 1. The lowest BCUT2D eigenvalue weighted by Gasteiger charge is -2.06. The third-order valence-corrected chi connectivity index (χ3v) is 3.22. The van der Waals surface area contributed by atoms with E-state index in [4.69, 9.17) is 5.73 Å². The van der Waals surface area contributed by atoms with Crippen LogP contribution in [0, 0.1) is 6.92 Å². The molecule has 0 atom stereocenters. The number of rotatable bonds is 1. The summed E-state index contributed by atoms with van der Waals surface area (Å²) in [7, 11) is 0. The highest BCUT2D eigenvalue weighted by Crippen LogP contribution is 2.24. The molecule has 0 amide bonds. The van der Waals surface area contributed by atoms with E-state index in [0.29, 0.717) is 5.82 Å². The van der Waals surface area contributed by atoms with Crippen molar-refractivity contribution in [1.29, 1.82) is 0 Å². The minimum absolute atomic E-state index is 0.616. The van der Waals surface area contributed by atoms with Gasteiger partial charge in [0.05, 0.1) is 0 Å². The molecule has 0 saturated carbocycles. The minimum Gasteiger partial charge on any atom is -0.383 e. The number of benzene rings is 1. The van der Waals surface area contributed by atoms with Crippen molar-refractivity contribution in [2.24, 2.45) is 0 Å². The number of nitrogens with two attached hydrogens (primary N) is 1. The Labute approximate surface area is 96.7 Å². The van der Waals surface area contributed by atoms with Crippen LogP contribution in [0.25, 0.3) is 10.8 Å². The van der Waals surface area contributed by atoms with E-state index in [1.165, 1.54) is 16.5 Å². The number of nitrogen functional groups attached to an aromatic ring is 1. The number of fused-ring (bicyclic) bond motifs is 1. The first-order valence-corrected chi connectivity index (χ1v) is 5.94. The zero-order valence-electron chi connectivity index (χ0n) is 7.92. The number of pyridine rings is 1. The quantitative estimate of drug-likeness (QED) is 0.649.